The van der Waals surface area contributed by atoms with Crippen LogP contribution < -0.4 is 0 Å². The van der Waals surface area contributed by atoms with Gasteiger partial charge in [-0.1, -0.05) is 43.0 Å². The van der Waals surface area contributed by atoms with Crippen molar-refractivity contribution in [3.8, 4) is 0 Å². The van der Waals surface area contributed by atoms with E-state index < -0.39 is 15.6 Å². The molecule has 5 heteroatoms. The van der Waals surface area contributed by atoms with Gasteiger partial charge in [-0.15, -0.1) is 0 Å². The minimum atomic E-state index is -3.81. The first-order chi connectivity index (χ1) is 9.97. The Bertz CT molecular complexity index is 908. The predicted molar refractivity (Wildman–Crippen MR) is 77.1 cm³/mol. The Kier molecular flexibility index (Phi) is 2.88. The molecule has 0 saturated carbocycles. The van der Waals surface area contributed by atoms with Crippen molar-refractivity contribution in [1.29, 1.82) is 0 Å². The molecule has 104 valence electrons. The summed E-state index contributed by atoms with van der Waals surface area (Å²) >= 11 is 0. The Morgan fingerprint density at radius 3 is 2.00 bits per heavy atom. The number of ketones is 2. The second-order valence-corrected chi connectivity index (χ2v) is 6.46. The summed E-state index contributed by atoms with van der Waals surface area (Å²) in [6, 6.07) is 10.6. The van der Waals surface area contributed by atoms with Crippen LogP contribution in [0, 0.1) is 0 Å². The molecule has 0 heterocycles. The Morgan fingerprint density at radius 1 is 0.810 bits per heavy atom. The van der Waals surface area contributed by atoms with Gasteiger partial charge in [-0.2, -0.15) is 0 Å². The van der Waals surface area contributed by atoms with Crippen molar-refractivity contribution in [2.75, 3.05) is 0 Å². The van der Waals surface area contributed by atoms with E-state index in [0.717, 1.165) is 5.41 Å². The Balaban J connectivity index is 2.40. The standard InChI is InChI=1S/C16H10O4S/c1-2-21(19,20)13-9-5-8-12-14(13)16(18)11-7-4-3-6-10(11)15(12)17/h2-9H,1H2. The maximum atomic E-state index is 12.6. The summed E-state index contributed by atoms with van der Waals surface area (Å²) in [5.74, 6) is -0.803. The maximum Gasteiger partial charge on any atom is 0.199 e. The zero-order valence-corrected chi connectivity index (χ0v) is 11.7. The van der Waals surface area contributed by atoms with Crippen molar-refractivity contribution in [1.82, 2.24) is 0 Å². The first-order valence-electron chi connectivity index (χ1n) is 6.16. The van der Waals surface area contributed by atoms with E-state index in [-0.39, 0.29) is 27.4 Å². The monoisotopic (exact) mass is 298 g/mol. The van der Waals surface area contributed by atoms with Crippen molar-refractivity contribution in [3.63, 3.8) is 0 Å². The number of hydrogen-bond donors (Lipinski definition) is 0. The van der Waals surface area contributed by atoms with E-state index in [2.05, 4.69) is 6.58 Å². The minimum absolute atomic E-state index is 0.0684. The van der Waals surface area contributed by atoms with Crippen LogP contribution in [-0.4, -0.2) is 20.0 Å². The highest BCUT2D eigenvalue weighted by molar-refractivity contribution is 7.94. The van der Waals surface area contributed by atoms with E-state index in [1.807, 2.05) is 0 Å². The number of sulfone groups is 1. The highest BCUT2D eigenvalue weighted by Gasteiger charge is 2.33. The summed E-state index contributed by atoms with van der Waals surface area (Å²) in [6.07, 6.45) is 0. The lowest BCUT2D eigenvalue weighted by Crippen LogP contribution is -2.23. The lowest BCUT2D eigenvalue weighted by atomic mass is 9.84. The van der Waals surface area contributed by atoms with Crippen molar-refractivity contribution >= 4 is 21.4 Å². The molecule has 4 nitrogen and oxygen atoms in total. The van der Waals surface area contributed by atoms with Crippen LogP contribution in [0.2, 0.25) is 0 Å². The molecule has 1 aliphatic rings. The third-order valence-electron chi connectivity index (χ3n) is 3.44. The molecule has 21 heavy (non-hydrogen) atoms. The highest BCUT2D eigenvalue weighted by Crippen LogP contribution is 2.31. The Labute approximate surface area is 121 Å². The topological polar surface area (TPSA) is 68.3 Å². The van der Waals surface area contributed by atoms with E-state index >= 15 is 0 Å². The summed E-state index contributed by atoms with van der Waals surface area (Å²) < 4.78 is 24.1. The van der Waals surface area contributed by atoms with Crippen molar-refractivity contribution in [2.24, 2.45) is 0 Å². The van der Waals surface area contributed by atoms with Gasteiger partial charge < -0.3 is 0 Å². The number of fused-ring (bicyclic) bond motifs is 2. The van der Waals surface area contributed by atoms with Crippen LogP contribution in [0.15, 0.2) is 59.3 Å². The molecule has 1 aliphatic carbocycles. The Morgan fingerprint density at radius 2 is 1.38 bits per heavy atom. The fraction of sp³-hybridized carbons (Fsp3) is 0. The lowest BCUT2D eigenvalue weighted by molar-refractivity contribution is 0.0976. The van der Waals surface area contributed by atoms with E-state index in [9.17, 15) is 18.0 Å². The van der Waals surface area contributed by atoms with Gasteiger partial charge in [-0.3, -0.25) is 9.59 Å². The summed E-state index contributed by atoms with van der Waals surface area (Å²) in [7, 11) is -3.81. The summed E-state index contributed by atoms with van der Waals surface area (Å²) in [5, 5.41) is 0.779. The van der Waals surface area contributed by atoms with Gasteiger partial charge in [-0.05, 0) is 6.07 Å². The van der Waals surface area contributed by atoms with Gasteiger partial charge >= 0.3 is 0 Å². The third-order valence-corrected chi connectivity index (χ3v) is 4.83. The zero-order valence-electron chi connectivity index (χ0n) is 10.9. The lowest BCUT2D eigenvalue weighted by Gasteiger charge is -2.19. The number of benzene rings is 2. The van der Waals surface area contributed by atoms with E-state index in [1.54, 1.807) is 18.2 Å². The molecule has 0 radical (unpaired) electrons. The smallest absolute Gasteiger partial charge is 0.199 e. The van der Waals surface area contributed by atoms with E-state index in [0.29, 0.717) is 5.56 Å². The largest absolute Gasteiger partial charge is 0.289 e. The normalized spacial score (nSPS) is 13.5. The first-order valence-corrected chi connectivity index (χ1v) is 7.71. The third kappa shape index (κ3) is 1.86. The van der Waals surface area contributed by atoms with Crippen molar-refractivity contribution in [2.45, 2.75) is 4.90 Å². The van der Waals surface area contributed by atoms with Crippen LogP contribution in [0.25, 0.3) is 0 Å². The van der Waals surface area contributed by atoms with Gasteiger partial charge in [0.25, 0.3) is 0 Å². The second kappa shape index (κ2) is 4.49. The fourth-order valence-electron chi connectivity index (χ4n) is 2.44. The Hall–Kier alpha value is -2.53. The first kappa shape index (κ1) is 13.5. The quantitative estimate of drug-likeness (QED) is 0.728. The van der Waals surface area contributed by atoms with Gasteiger partial charge in [0, 0.05) is 22.1 Å². The number of rotatable bonds is 2. The fourth-order valence-corrected chi connectivity index (χ4v) is 3.38. The molecule has 0 fully saturated rings. The molecule has 0 unspecified atom stereocenters. The molecule has 2 aromatic rings. The van der Waals surface area contributed by atoms with Gasteiger partial charge in [-0.25, -0.2) is 8.42 Å². The van der Waals surface area contributed by atoms with Crippen molar-refractivity contribution < 1.29 is 18.0 Å². The average molecular weight is 298 g/mol. The summed E-state index contributed by atoms with van der Waals surface area (Å²) in [6.45, 7) is 3.26. The highest BCUT2D eigenvalue weighted by atomic mass is 32.2. The van der Waals surface area contributed by atoms with Crippen LogP contribution in [-0.2, 0) is 9.84 Å². The van der Waals surface area contributed by atoms with Crippen LogP contribution >= 0.6 is 0 Å². The molecule has 0 N–H and O–H groups in total. The molecule has 0 aliphatic heterocycles. The number of carbonyl (C=O) groups excluding carboxylic acids is 2. The van der Waals surface area contributed by atoms with Gasteiger partial charge in [0.2, 0.25) is 0 Å². The molecule has 3 rings (SSSR count). The molecule has 0 atom stereocenters. The van der Waals surface area contributed by atoms with Crippen LogP contribution in [0.4, 0.5) is 0 Å². The van der Waals surface area contributed by atoms with Gasteiger partial charge in [0.05, 0.1) is 10.5 Å². The van der Waals surface area contributed by atoms with E-state index in [4.69, 9.17) is 0 Å². The average Bonchev–Trinajstić information content (AvgIpc) is 2.52. The SMILES string of the molecule is C=CS(=O)(=O)c1cccc2c1C(=O)c1ccccc1C2=O. The number of hydrogen-bond acceptors (Lipinski definition) is 4. The number of carbonyl (C=O) groups is 2. The molecule has 2 aromatic carbocycles. The molecule has 0 amide bonds. The van der Waals surface area contributed by atoms with Gasteiger partial charge in [0.15, 0.2) is 21.4 Å². The molecule has 0 aromatic heterocycles. The minimum Gasteiger partial charge on any atom is -0.289 e. The summed E-state index contributed by atoms with van der Waals surface area (Å²) in [4.78, 5) is 24.9. The van der Waals surface area contributed by atoms with Crippen LogP contribution in [0.3, 0.4) is 0 Å². The maximum absolute atomic E-state index is 12.6. The summed E-state index contributed by atoms with van der Waals surface area (Å²) in [5.41, 5.74) is 0.563. The van der Waals surface area contributed by atoms with Crippen LogP contribution in [0.1, 0.15) is 31.8 Å². The van der Waals surface area contributed by atoms with Crippen molar-refractivity contribution in [3.05, 3.63) is 76.7 Å². The van der Waals surface area contributed by atoms with E-state index in [1.165, 1.54) is 24.3 Å². The van der Waals surface area contributed by atoms with Crippen LogP contribution in [0.5, 0.6) is 0 Å². The molecule has 0 saturated heterocycles. The zero-order chi connectivity index (χ0) is 15.2. The molecule has 0 bridgehead atoms. The van der Waals surface area contributed by atoms with Gasteiger partial charge in [0.1, 0.15) is 0 Å². The second-order valence-electron chi connectivity index (χ2n) is 4.59. The molecular formula is C16H10O4S. The molecule has 0 spiro atoms. The predicted octanol–water partition coefficient (Wildman–Crippen LogP) is 2.38. The molecular weight excluding hydrogens is 288 g/mol.